The zero-order valence-corrected chi connectivity index (χ0v) is 15.5. The Morgan fingerprint density at radius 1 is 1.46 bits per heavy atom. The Kier molecular flexibility index (Phi) is 3.65. The van der Waals surface area contributed by atoms with Gasteiger partial charge in [0.15, 0.2) is 0 Å². The van der Waals surface area contributed by atoms with E-state index in [0.717, 1.165) is 24.4 Å². The molecule has 4 atom stereocenters. The van der Waals surface area contributed by atoms with Gasteiger partial charge in [-0.2, -0.15) is 0 Å². The van der Waals surface area contributed by atoms with Gasteiger partial charge in [-0.3, -0.25) is 4.79 Å². The van der Waals surface area contributed by atoms with Gasteiger partial charge in [0.05, 0.1) is 5.92 Å². The Bertz CT molecular complexity index is 964. The highest BCUT2D eigenvalue weighted by Gasteiger charge is 2.43. The molecular formula is C20H22N4OS. The summed E-state index contributed by atoms with van der Waals surface area (Å²) in [6, 6.07) is 7.02. The van der Waals surface area contributed by atoms with Gasteiger partial charge in [0.1, 0.15) is 5.01 Å². The number of nitrogens with two attached hydrogens (primary N) is 1. The molecule has 6 heteroatoms. The Labute approximate surface area is 156 Å². The number of likely N-dealkylation sites (N-methyl/N-ethyl adjacent to an activating group) is 1. The maximum Gasteiger partial charge on any atom is 0.227 e. The third-order valence-corrected chi connectivity index (χ3v) is 7.11. The largest absolute Gasteiger partial charge is 0.369 e. The fraction of sp³-hybridized carbons (Fsp3) is 0.400. The molecule has 2 aromatic heterocycles. The lowest BCUT2D eigenvalue weighted by Crippen LogP contribution is -2.50. The molecule has 3 N–H and O–H groups in total. The van der Waals surface area contributed by atoms with Crippen molar-refractivity contribution in [3.05, 3.63) is 52.1 Å². The number of amides is 1. The number of fused-ring (bicyclic) bond motifs is 2. The molecule has 1 fully saturated rings. The van der Waals surface area contributed by atoms with Crippen LogP contribution in [0.2, 0.25) is 0 Å². The van der Waals surface area contributed by atoms with Crippen LogP contribution >= 0.6 is 11.3 Å². The van der Waals surface area contributed by atoms with Crippen molar-refractivity contribution in [2.75, 3.05) is 13.6 Å². The van der Waals surface area contributed by atoms with Crippen LogP contribution in [-0.2, 0) is 11.2 Å². The van der Waals surface area contributed by atoms with Crippen LogP contribution in [0.25, 0.3) is 10.9 Å². The first-order valence-electron chi connectivity index (χ1n) is 9.11. The van der Waals surface area contributed by atoms with Crippen LogP contribution in [0.3, 0.4) is 0 Å². The molecule has 5 nitrogen and oxygen atoms in total. The van der Waals surface area contributed by atoms with E-state index >= 15 is 0 Å². The van der Waals surface area contributed by atoms with E-state index in [1.165, 1.54) is 33.4 Å². The molecule has 0 radical (unpaired) electrons. The first-order chi connectivity index (χ1) is 12.6. The summed E-state index contributed by atoms with van der Waals surface area (Å²) in [7, 11) is 2.18. The smallest absolute Gasteiger partial charge is 0.227 e. The maximum atomic E-state index is 12.3. The number of aromatic nitrogens is 2. The first kappa shape index (κ1) is 16.0. The molecule has 3 aromatic rings. The molecule has 1 saturated heterocycles. The van der Waals surface area contributed by atoms with E-state index in [1.807, 2.05) is 5.38 Å². The highest BCUT2D eigenvalue weighted by atomic mass is 32.1. The van der Waals surface area contributed by atoms with Gasteiger partial charge in [-0.05, 0) is 43.0 Å². The van der Waals surface area contributed by atoms with Crippen LogP contribution in [0.15, 0.2) is 36.0 Å². The molecule has 26 heavy (non-hydrogen) atoms. The van der Waals surface area contributed by atoms with E-state index < -0.39 is 0 Å². The summed E-state index contributed by atoms with van der Waals surface area (Å²) in [5.74, 6) is 0.0617. The zero-order chi connectivity index (χ0) is 17.8. The number of thiazole rings is 1. The molecule has 1 aromatic carbocycles. The second kappa shape index (κ2) is 5.93. The van der Waals surface area contributed by atoms with Gasteiger partial charge >= 0.3 is 0 Å². The summed E-state index contributed by atoms with van der Waals surface area (Å²) in [5.41, 5.74) is 9.85. The predicted molar refractivity (Wildman–Crippen MR) is 103 cm³/mol. The van der Waals surface area contributed by atoms with Crippen molar-refractivity contribution >= 4 is 28.1 Å². The highest BCUT2D eigenvalue weighted by molar-refractivity contribution is 7.09. The predicted octanol–water partition coefficient (Wildman–Crippen LogP) is 2.85. The average Bonchev–Trinajstić information content (AvgIpc) is 3.27. The molecule has 0 saturated carbocycles. The standard InChI is InChI=1S/C20H22N4OS/c1-24-10-12(18(19(21)25)20-22-5-6-26-20)7-14-13-3-2-4-15-17(13)11(9-23-15)8-16(14)24/h2-6,9,12,14,16,18,23H,7-8,10H2,1H3,(H2,21,25)/t12-,14-,16-,18?/m1/s1. The normalized spacial score (nSPS) is 26.6. The Hall–Kier alpha value is -2.18. The number of rotatable bonds is 3. The van der Waals surface area contributed by atoms with E-state index in [9.17, 15) is 4.79 Å². The first-order valence-corrected chi connectivity index (χ1v) is 9.99. The third-order valence-electron chi connectivity index (χ3n) is 6.25. The van der Waals surface area contributed by atoms with Gasteiger partial charge in [-0.15, -0.1) is 11.3 Å². The number of likely N-dealkylation sites (tertiary alicyclic amines) is 1. The second-order valence-corrected chi connectivity index (χ2v) is 8.57. The topological polar surface area (TPSA) is 75.0 Å². The fourth-order valence-corrected chi connectivity index (χ4v) is 6.01. The number of carbonyl (C=O) groups is 1. The minimum atomic E-state index is -0.301. The molecule has 0 bridgehead atoms. The molecule has 1 aliphatic heterocycles. The Morgan fingerprint density at radius 2 is 2.35 bits per heavy atom. The van der Waals surface area contributed by atoms with Crippen molar-refractivity contribution in [1.29, 1.82) is 0 Å². The zero-order valence-electron chi connectivity index (χ0n) is 14.7. The maximum absolute atomic E-state index is 12.3. The lowest BCUT2D eigenvalue weighted by molar-refractivity contribution is -0.121. The third kappa shape index (κ3) is 2.32. The quantitative estimate of drug-likeness (QED) is 0.748. The number of H-pyrrole nitrogens is 1. The van der Waals surface area contributed by atoms with E-state index in [0.29, 0.717) is 12.0 Å². The van der Waals surface area contributed by atoms with Crippen LogP contribution in [0.4, 0.5) is 0 Å². The van der Waals surface area contributed by atoms with Crippen molar-refractivity contribution in [1.82, 2.24) is 14.9 Å². The number of piperidine rings is 1. The van der Waals surface area contributed by atoms with Crippen LogP contribution in [0.1, 0.15) is 34.4 Å². The second-order valence-electron chi connectivity index (χ2n) is 7.65. The number of primary amides is 1. The summed E-state index contributed by atoms with van der Waals surface area (Å²) < 4.78 is 0. The van der Waals surface area contributed by atoms with Crippen molar-refractivity contribution in [2.24, 2.45) is 11.7 Å². The van der Waals surface area contributed by atoms with Crippen molar-refractivity contribution in [3.8, 4) is 0 Å². The fourth-order valence-electron chi connectivity index (χ4n) is 5.17. The number of benzene rings is 1. The SMILES string of the molecule is CN1C[C@H](C(C(N)=O)c2nccs2)C[C@@H]2c3cccc4[nH]cc(c34)C[C@H]21. The number of hydrogen-bond acceptors (Lipinski definition) is 4. The van der Waals surface area contributed by atoms with Crippen molar-refractivity contribution in [2.45, 2.75) is 30.7 Å². The summed E-state index contributed by atoms with van der Waals surface area (Å²) in [6.07, 6.45) is 5.96. The molecule has 1 unspecified atom stereocenters. The minimum absolute atomic E-state index is 0.195. The van der Waals surface area contributed by atoms with Crippen LogP contribution < -0.4 is 5.73 Å². The lowest BCUT2D eigenvalue weighted by atomic mass is 9.70. The molecule has 2 aliphatic rings. The highest BCUT2D eigenvalue weighted by Crippen LogP contribution is 2.47. The molecule has 1 amide bonds. The summed E-state index contributed by atoms with van der Waals surface area (Å²) in [6.45, 7) is 0.879. The number of carbonyl (C=O) groups excluding carboxylic acids is 1. The lowest BCUT2D eigenvalue weighted by Gasteiger charge is -2.46. The van der Waals surface area contributed by atoms with Gasteiger partial charge in [0.2, 0.25) is 5.91 Å². The van der Waals surface area contributed by atoms with E-state index in [2.05, 4.69) is 46.3 Å². The van der Waals surface area contributed by atoms with E-state index in [-0.39, 0.29) is 17.7 Å². The summed E-state index contributed by atoms with van der Waals surface area (Å²) >= 11 is 1.53. The number of nitrogens with one attached hydrogen (secondary N) is 1. The number of hydrogen-bond donors (Lipinski definition) is 2. The van der Waals surface area contributed by atoms with E-state index in [4.69, 9.17) is 5.73 Å². The van der Waals surface area contributed by atoms with E-state index in [1.54, 1.807) is 6.20 Å². The van der Waals surface area contributed by atoms with Gasteiger partial charge in [-0.25, -0.2) is 4.98 Å². The molecular weight excluding hydrogens is 344 g/mol. The summed E-state index contributed by atoms with van der Waals surface area (Å²) in [5, 5.41) is 4.16. The number of aromatic amines is 1. The average molecular weight is 366 g/mol. The van der Waals surface area contributed by atoms with Crippen molar-refractivity contribution < 1.29 is 4.79 Å². The van der Waals surface area contributed by atoms with Gasteiger partial charge in [-0.1, -0.05) is 12.1 Å². The Balaban J connectivity index is 1.56. The molecule has 0 spiro atoms. The van der Waals surface area contributed by atoms with Gasteiger partial charge in [0.25, 0.3) is 0 Å². The molecule has 1 aliphatic carbocycles. The number of nitrogens with zero attached hydrogens (tertiary/aromatic N) is 2. The van der Waals surface area contributed by atoms with Crippen LogP contribution in [0, 0.1) is 5.92 Å². The van der Waals surface area contributed by atoms with Gasteiger partial charge < -0.3 is 15.6 Å². The van der Waals surface area contributed by atoms with Crippen LogP contribution in [-0.4, -0.2) is 40.4 Å². The monoisotopic (exact) mass is 366 g/mol. The molecule has 5 rings (SSSR count). The van der Waals surface area contributed by atoms with Crippen LogP contribution in [0.5, 0.6) is 0 Å². The van der Waals surface area contributed by atoms with Gasteiger partial charge in [0, 0.05) is 47.2 Å². The molecule has 134 valence electrons. The Morgan fingerprint density at radius 3 is 3.12 bits per heavy atom. The minimum Gasteiger partial charge on any atom is -0.369 e. The molecule has 3 heterocycles. The summed E-state index contributed by atoms with van der Waals surface area (Å²) in [4.78, 5) is 22.5. The van der Waals surface area contributed by atoms with Crippen molar-refractivity contribution in [3.63, 3.8) is 0 Å².